The second-order valence-corrected chi connectivity index (χ2v) is 12.4. The molecule has 1 aromatic carbocycles. The number of esters is 1. The third-order valence-electron chi connectivity index (χ3n) is 9.98. The highest BCUT2D eigenvalue weighted by molar-refractivity contribution is 5.71. The van der Waals surface area contributed by atoms with E-state index in [0.29, 0.717) is 17.8 Å². The number of methoxy groups -OCH3 is 1. The summed E-state index contributed by atoms with van der Waals surface area (Å²) in [7, 11) is 1.36. The summed E-state index contributed by atoms with van der Waals surface area (Å²) in [4.78, 5) is 26.8. The zero-order chi connectivity index (χ0) is 28.1. The number of aliphatic hydroxyl groups is 1. The lowest BCUT2D eigenvalue weighted by molar-refractivity contribution is -0.142. The molecule has 0 spiro atoms. The number of ether oxygens (including phenoxy) is 4. The van der Waals surface area contributed by atoms with Crippen molar-refractivity contribution in [1.82, 2.24) is 4.90 Å². The highest BCUT2D eigenvalue weighted by Crippen LogP contribution is 2.48. The molecule has 0 unspecified atom stereocenters. The molecule has 8 nitrogen and oxygen atoms in total. The first kappa shape index (κ1) is 29.2. The molecule has 4 fully saturated rings. The Morgan fingerprint density at radius 1 is 1.10 bits per heavy atom. The minimum atomic E-state index is -0.517. The molecular weight excluding hydrogens is 510 g/mol. The van der Waals surface area contributed by atoms with Gasteiger partial charge in [-0.15, -0.1) is 0 Å². The first-order valence-corrected chi connectivity index (χ1v) is 15.5. The summed E-state index contributed by atoms with van der Waals surface area (Å²) in [6.07, 6.45) is 9.26. The van der Waals surface area contributed by atoms with Crippen LogP contribution >= 0.6 is 0 Å². The molecule has 3 heterocycles. The van der Waals surface area contributed by atoms with Gasteiger partial charge in [0.25, 0.3) is 0 Å². The molecule has 0 amide bonds. The lowest BCUT2D eigenvalue weighted by atomic mass is 9.73. The van der Waals surface area contributed by atoms with Crippen LogP contribution in [0.4, 0.5) is 4.79 Å². The molecule has 40 heavy (non-hydrogen) atoms. The SMILES string of the molecule is CCCCC[C@H](CC[C@@H]1[C@H]2Cc3cccc(OCC(=O)OC)c3C[C@H]2C[C@H]1O)OC(=O)O[C@@H]1CN2CCC1CC2. The molecule has 3 aliphatic heterocycles. The molecule has 3 saturated heterocycles. The number of rotatable bonds is 12. The highest BCUT2D eigenvalue weighted by Gasteiger charge is 2.45. The molecular formula is C32H47NO7. The van der Waals surface area contributed by atoms with E-state index in [1.807, 2.05) is 12.1 Å². The molecule has 2 bridgehead atoms. The number of nitrogens with zero attached hydrogens (tertiary/aromatic N) is 1. The van der Waals surface area contributed by atoms with E-state index < -0.39 is 12.1 Å². The van der Waals surface area contributed by atoms with Gasteiger partial charge in [-0.2, -0.15) is 0 Å². The van der Waals surface area contributed by atoms with Crippen LogP contribution in [0.25, 0.3) is 0 Å². The minimum absolute atomic E-state index is 0.0486. The lowest BCUT2D eigenvalue weighted by Gasteiger charge is -2.43. The molecule has 1 N–H and O–H groups in total. The standard InChI is InChI=1S/C32H47NO7/c1-3-4-5-8-24(39-32(36)40-30-19-33-14-12-21(30)13-15-33)10-11-25-26-16-22-7-6-9-29(38-20-31(35)37-2)27(22)17-23(26)18-28(25)34/h6-7,9,21,23-26,28,30,34H,3-5,8,10-20H2,1-2H3/t23-,24+,25+,26-,28+,30+/m0/s1. The summed E-state index contributed by atoms with van der Waals surface area (Å²) in [5.74, 6) is 1.73. The van der Waals surface area contributed by atoms with E-state index in [1.54, 1.807) is 0 Å². The van der Waals surface area contributed by atoms with Crippen LogP contribution in [0.2, 0.25) is 0 Å². The fraction of sp³-hybridized carbons (Fsp3) is 0.750. The molecule has 5 aliphatic rings. The van der Waals surface area contributed by atoms with Crippen molar-refractivity contribution >= 4 is 12.1 Å². The van der Waals surface area contributed by atoms with Crippen LogP contribution in [0, 0.1) is 23.7 Å². The second kappa shape index (κ2) is 13.6. The number of benzene rings is 1. The summed E-state index contributed by atoms with van der Waals surface area (Å²) in [6.45, 7) is 5.12. The zero-order valence-corrected chi connectivity index (χ0v) is 24.2. The van der Waals surface area contributed by atoms with Crippen LogP contribution in [0.1, 0.15) is 75.8 Å². The van der Waals surface area contributed by atoms with Gasteiger partial charge in [-0.3, -0.25) is 4.90 Å². The van der Waals surface area contributed by atoms with E-state index in [4.69, 9.17) is 18.9 Å². The lowest BCUT2D eigenvalue weighted by Crippen LogP contribution is -2.52. The van der Waals surface area contributed by atoms with E-state index >= 15 is 0 Å². The van der Waals surface area contributed by atoms with Crippen molar-refractivity contribution in [3.63, 3.8) is 0 Å². The molecule has 6 rings (SSSR count). The number of hydrogen-bond acceptors (Lipinski definition) is 8. The van der Waals surface area contributed by atoms with Crippen molar-refractivity contribution < 1.29 is 33.6 Å². The Hall–Kier alpha value is -2.32. The molecule has 222 valence electrons. The van der Waals surface area contributed by atoms with Gasteiger partial charge in [-0.1, -0.05) is 31.9 Å². The summed E-state index contributed by atoms with van der Waals surface area (Å²) >= 11 is 0. The quantitative estimate of drug-likeness (QED) is 0.286. The molecule has 0 radical (unpaired) electrons. The molecule has 8 heteroatoms. The topological polar surface area (TPSA) is 94.5 Å². The van der Waals surface area contributed by atoms with Gasteiger partial charge >= 0.3 is 12.1 Å². The monoisotopic (exact) mass is 557 g/mol. The minimum Gasteiger partial charge on any atom is -0.482 e. The second-order valence-electron chi connectivity index (χ2n) is 12.4. The first-order chi connectivity index (χ1) is 19.4. The zero-order valence-electron chi connectivity index (χ0n) is 24.2. The predicted octanol–water partition coefficient (Wildman–Crippen LogP) is 4.93. The Bertz CT molecular complexity index is 1010. The van der Waals surface area contributed by atoms with Crippen molar-refractivity contribution in [1.29, 1.82) is 0 Å². The molecule has 2 aliphatic carbocycles. The largest absolute Gasteiger partial charge is 0.508 e. The Labute approximate surface area is 238 Å². The van der Waals surface area contributed by atoms with Crippen molar-refractivity contribution in [2.45, 2.75) is 95.9 Å². The Morgan fingerprint density at radius 3 is 2.65 bits per heavy atom. The number of unbranched alkanes of at least 4 members (excludes halogenated alkanes) is 2. The van der Waals surface area contributed by atoms with Crippen molar-refractivity contribution in [2.24, 2.45) is 23.7 Å². The van der Waals surface area contributed by atoms with E-state index in [-0.39, 0.29) is 30.8 Å². The Balaban J connectivity index is 1.18. The van der Waals surface area contributed by atoms with Gasteiger partial charge in [0, 0.05) is 6.54 Å². The van der Waals surface area contributed by atoms with Gasteiger partial charge in [0.1, 0.15) is 18.0 Å². The van der Waals surface area contributed by atoms with E-state index in [2.05, 4.69) is 17.9 Å². The number of carbonyl (C=O) groups is 2. The van der Waals surface area contributed by atoms with Gasteiger partial charge in [0.05, 0.1) is 13.2 Å². The third kappa shape index (κ3) is 6.93. The average molecular weight is 558 g/mol. The highest BCUT2D eigenvalue weighted by atomic mass is 16.7. The van der Waals surface area contributed by atoms with Gasteiger partial charge in [-0.05, 0) is 112 Å². The summed E-state index contributed by atoms with van der Waals surface area (Å²) in [6, 6.07) is 6.03. The van der Waals surface area contributed by atoms with Crippen LogP contribution in [-0.4, -0.2) is 73.8 Å². The number of fused-ring (bicyclic) bond motifs is 5. The van der Waals surface area contributed by atoms with Gasteiger partial charge in [0.15, 0.2) is 6.61 Å². The maximum atomic E-state index is 12.8. The van der Waals surface area contributed by atoms with Crippen LogP contribution in [-0.2, 0) is 31.8 Å². The van der Waals surface area contributed by atoms with Crippen molar-refractivity contribution in [2.75, 3.05) is 33.4 Å². The number of aliphatic hydroxyl groups excluding tert-OH is 1. The maximum Gasteiger partial charge on any atom is 0.508 e. The fourth-order valence-electron chi connectivity index (χ4n) is 7.73. The van der Waals surface area contributed by atoms with Crippen LogP contribution in [0.15, 0.2) is 18.2 Å². The van der Waals surface area contributed by atoms with Gasteiger partial charge in [-0.25, -0.2) is 9.59 Å². The molecule has 1 saturated carbocycles. The number of piperidine rings is 3. The smallest absolute Gasteiger partial charge is 0.482 e. The third-order valence-corrected chi connectivity index (χ3v) is 9.98. The molecule has 0 aromatic heterocycles. The fourth-order valence-corrected chi connectivity index (χ4v) is 7.73. The molecule has 1 aromatic rings. The first-order valence-electron chi connectivity index (χ1n) is 15.5. The number of carbonyl (C=O) groups excluding carboxylic acids is 2. The predicted molar refractivity (Wildman–Crippen MR) is 150 cm³/mol. The van der Waals surface area contributed by atoms with E-state index in [1.165, 1.54) is 12.7 Å². The summed E-state index contributed by atoms with van der Waals surface area (Å²) < 4.78 is 22.3. The summed E-state index contributed by atoms with van der Waals surface area (Å²) in [5, 5.41) is 11.1. The van der Waals surface area contributed by atoms with Crippen molar-refractivity contribution in [3.8, 4) is 5.75 Å². The van der Waals surface area contributed by atoms with Crippen LogP contribution in [0.3, 0.4) is 0 Å². The molecule has 6 atom stereocenters. The van der Waals surface area contributed by atoms with Crippen LogP contribution < -0.4 is 4.74 Å². The van der Waals surface area contributed by atoms with Gasteiger partial charge < -0.3 is 24.1 Å². The Morgan fingerprint density at radius 2 is 1.93 bits per heavy atom. The number of hydrogen-bond donors (Lipinski definition) is 1. The van der Waals surface area contributed by atoms with E-state index in [9.17, 15) is 14.7 Å². The van der Waals surface area contributed by atoms with E-state index in [0.717, 1.165) is 102 Å². The van der Waals surface area contributed by atoms with Crippen molar-refractivity contribution in [3.05, 3.63) is 29.3 Å². The Kier molecular flexibility index (Phi) is 9.89. The average Bonchev–Trinajstić information content (AvgIpc) is 3.27. The normalized spacial score (nSPS) is 31.1. The van der Waals surface area contributed by atoms with Crippen LogP contribution in [0.5, 0.6) is 5.75 Å². The maximum absolute atomic E-state index is 12.8. The van der Waals surface area contributed by atoms with Gasteiger partial charge in [0.2, 0.25) is 0 Å². The summed E-state index contributed by atoms with van der Waals surface area (Å²) in [5.41, 5.74) is 2.39.